The number of aromatic hydroxyl groups is 1. The molecule has 0 heterocycles. The van der Waals surface area contributed by atoms with Gasteiger partial charge in [-0.25, -0.2) is 4.39 Å². The van der Waals surface area contributed by atoms with Gasteiger partial charge in [0, 0.05) is 20.6 Å². The van der Waals surface area contributed by atoms with Gasteiger partial charge < -0.3 is 15.7 Å². The van der Waals surface area contributed by atoms with Crippen molar-refractivity contribution in [3.8, 4) is 5.75 Å². The number of carbonyl (C=O) groups is 1. The molecule has 5 heteroatoms. The maximum atomic E-state index is 13.1. The van der Waals surface area contributed by atoms with E-state index < -0.39 is 11.6 Å². The summed E-state index contributed by atoms with van der Waals surface area (Å²) in [5, 5.41) is 9.06. The molecule has 1 aromatic carbocycles. The molecule has 3 N–H and O–H groups in total. The van der Waals surface area contributed by atoms with Crippen LogP contribution >= 0.6 is 0 Å². The van der Waals surface area contributed by atoms with Gasteiger partial charge in [-0.3, -0.25) is 4.79 Å². The second kappa shape index (κ2) is 5.63. The number of halogens is 1. The van der Waals surface area contributed by atoms with Crippen molar-refractivity contribution in [2.45, 2.75) is 6.42 Å². The molecule has 0 spiro atoms. The van der Waals surface area contributed by atoms with Gasteiger partial charge in [0.2, 0.25) is 5.91 Å². The van der Waals surface area contributed by atoms with Crippen LogP contribution in [0.5, 0.6) is 5.75 Å². The van der Waals surface area contributed by atoms with Crippen molar-refractivity contribution >= 4 is 5.91 Å². The molecule has 4 nitrogen and oxygen atoms in total. The molecule has 0 fully saturated rings. The minimum atomic E-state index is -0.685. The van der Waals surface area contributed by atoms with Gasteiger partial charge in [0.15, 0.2) is 11.6 Å². The van der Waals surface area contributed by atoms with Crippen molar-refractivity contribution in [2.24, 2.45) is 11.7 Å². The van der Waals surface area contributed by atoms with Crippen molar-refractivity contribution in [3.63, 3.8) is 0 Å². The Kier molecular flexibility index (Phi) is 4.45. The van der Waals surface area contributed by atoms with E-state index in [0.717, 1.165) is 0 Å². The number of nitrogens with two attached hydrogens (primary N) is 1. The number of phenolic OH excluding ortho intramolecular Hbond substituents is 1. The van der Waals surface area contributed by atoms with E-state index in [-0.39, 0.29) is 18.4 Å². The van der Waals surface area contributed by atoms with Crippen molar-refractivity contribution < 1.29 is 14.3 Å². The van der Waals surface area contributed by atoms with Gasteiger partial charge in [0.05, 0.1) is 5.92 Å². The van der Waals surface area contributed by atoms with Crippen LogP contribution in [-0.2, 0) is 11.2 Å². The van der Waals surface area contributed by atoms with Crippen LogP contribution in [0.25, 0.3) is 0 Å². The number of rotatable bonds is 4. The lowest BCUT2D eigenvalue weighted by atomic mass is 9.98. The highest BCUT2D eigenvalue weighted by Crippen LogP contribution is 2.18. The van der Waals surface area contributed by atoms with Crippen molar-refractivity contribution in [3.05, 3.63) is 29.6 Å². The summed E-state index contributed by atoms with van der Waals surface area (Å²) in [5.41, 5.74) is 6.18. The quantitative estimate of drug-likeness (QED) is 0.815. The van der Waals surface area contributed by atoms with Gasteiger partial charge in [-0.15, -0.1) is 0 Å². The number of amides is 1. The minimum Gasteiger partial charge on any atom is -0.505 e. The molecular formula is C12H17FN2O2. The highest BCUT2D eigenvalue weighted by molar-refractivity contribution is 5.78. The van der Waals surface area contributed by atoms with Crippen LogP contribution in [0.2, 0.25) is 0 Å². The summed E-state index contributed by atoms with van der Waals surface area (Å²) in [6.07, 6.45) is 0.366. The third-order valence-electron chi connectivity index (χ3n) is 2.57. The fourth-order valence-electron chi connectivity index (χ4n) is 1.60. The number of carbonyl (C=O) groups excluding carboxylic acids is 1. The summed E-state index contributed by atoms with van der Waals surface area (Å²) in [5.74, 6) is -1.53. The predicted octanol–water partition coefficient (Wildman–Crippen LogP) is 0.737. The van der Waals surface area contributed by atoms with E-state index in [9.17, 15) is 9.18 Å². The molecule has 0 radical (unpaired) electrons. The first-order chi connectivity index (χ1) is 7.95. The SMILES string of the molecule is CN(C)C(=O)C(CN)Cc1ccc(O)c(F)c1. The van der Waals surface area contributed by atoms with Gasteiger partial charge in [-0.2, -0.15) is 0 Å². The van der Waals surface area contributed by atoms with Crippen molar-refractivity contribution in [1.29, 1.82) is 0 Å². The van der Waals surface area contributed by atoms with E-state index in [4.69, 9.17) is 10.8 Å². The molecular weight excluding hydrogens is 223 g/mol. The lowest BCUT2D eigenvalue weighted by Crippen LogP contribution is -2.35. The summed E-state index contributed by atoms with van der Waals surface area (Å²) in [6.45, 7) is 0.208. The summed E-state index contributed by atoms with van der Waals surface area (Å²) < 4.78 is 13.1. The third kappa shape index (κ3) is 3.42. The lowest BCUT2D eigenvalue weighted by molar-refractivity contribution is -0.132. The average Bonchev–Trinajstić information content (AvgIpc) is 2.29. The first kappa shape index (κ1) is 13.4. The smallest absolute Gasteiger partial charge is 0.226 e. The maximum absolute atomic E-state index is 13.1. The monoisotopic (exact) mass is 240 g/mol. The van der Waals surface area contributed by atoms with Gasteiger partial charge in [-0.05, 0) is 24.1 Å². The minimum absolute atomic E-state index is 0.0824. The van der Waals surface area contributed by atoms with Gasteiger partial charge in [0.1, 0.15) is 0 Å². The summed E-state index contributed by atoms with van der Waals surface area (Å²) in [6, 6.07) is 4.09. The molecule has 1 unspecified atom stereocenters. The average molecular weight is 240 g/mol. The number of hydrogen-bond acceptors (Lipinski definition) is 3. The first-order valence-electron chi connectivity index (χ1n) is 5.34. The number of nitrogens with zero attached hydrogens (tertiary/aromatic N) is 1. The molecule has 0 saturated carbocycles. The van der Waals surface area contributed by atoms with E-state index in [1.54, 1.807) is 20.2 Å². The van der Waals surface area contributed by atoms with Gasteiger partial charge >= 0.3 is 0 Å². The molecule has 1 rings (SSSR count). The van der Waals surface area contributed by atoms with Gasteiger partial charge in [-0.1, -0.05) is 6.07 Å². The molecule has 0 bridgehead atoms. The highest BCUT2D eigenvalue weighted by Gasteiger charge is 2.19. The number of benzene rings is 1. The Morgan fingerprint density at radius 2 is 2.18 bits per heavy atom. The van der Waals surface area contributed by atoms with E-state index in [1.807, 2.05) is 0 Å². The Hall–Kier alpha value is -1.62. The molecule has 17 heavy (non-hydrogen) atoms. The summed E-state index contributed by atoms with van der Waals surface area (Å²) in [7, 11) is 3.31. The van der Waals surface area contributed by atoms with Crippen LogP contribution in [0.1, 0.15) is 5.56 Å². The molecule has 1 aromatic rings. The van der Waals surface area contributed by atoms with Crippen LogP contribution in [-0.4, -0.2) is 36.6 Å². The van der Waals surface area contributed by atoms with Crippen molar-refractivity contribution in [2.75, 3.05) is 20.6 Å². The van der Waals surface area contributed by atoms with Gasteiger partial charge in [0.25, 0.3) is 0 Å². The lowest BCUT2D eigenvalue weighted by Gasteiger charge is -2.19. The molecule has 0 saturated heterocycles. The van der Waals surface area contributed by atoms with E-state index in [1.165, 1.54) is 17.0 Å². The number of hydrogen-bond donors (Lipinski definition) is 2. The molecule has 1 amide bonds. The zero-order valence-corrected chi connectivity index (χ0v) is 9.98. The first-order valence-corrected chi connectivity index (χ1v) is 5.34. The molecule has 0 aliphatic carbocycles. The molecule has 1 atom stereocenters. The van der Waals surface area contributed by atoms with Crippen LogP contribution < -0.4 is 5.73 Å². The van der Waals surface area contributed by atoms with Crippen LogP contribution in [0.4, 0.5) is 4.39 Å². The number of phenols is 1. The molecule has 0 aliphatic rings. The second-order valence-corrected chi connectivity index (χ2v) is 4.16. The van der Waals surface area contributed by atoms with E-state index >= 15 is 0 Å². The fourth-order valence-corrected chi connectivity index (χ4v) is 1.60. The maximum Gasteiger partial charge on any atom is 0.226 e. The summed E-state index contributed by atoms with van der Waals surface area (Å²) >= 11 is 0. The largest absolute Gasteiger partial charge is 0.505 e. The Morgan fingerprint density at radius 3 is 2.65 bits per heavy atom. The summed E-state index contributed by atoms with van der Waals surface area (Å²) in [4.78, 5) is 13.2. The van der Waals surface area contributed by atoms with E-state index in [0.29, 0.717) is 12.0 Å². The Labute approximate surface area is 99.8 Å². The molecule has 0 aliphatic heterocycles. The second-order valence-electron chi connectivity index (χ2n) is 4.16. The zero-order chi connectivity index (χ0) is 13.0. The van der Waals surface area contributed by atoms with Crippen LogP contribution in [0.3, 0.4) is 0 Å². The Morgan fingerprint density at radius 1 is 1.53 bits per heavy atom. The van der Waals surface area contributed by atoms with E-state index in [2.05, 4.69) is 0 Å². The molecule has 94 valence electrons. The Bertz CT molecular complexity index is 407. The zero-order valence-electron chi connectivity index (χ0n) is 9.98. The highest BCUT2D eigenvalue weighted by atomic mass is 19.1. The third-order valence-corrected chi connectivity index (χ3v) is 2.57. The standard InChI is InChI=1S/C12H17FN2O2/c1-15(2)12(17)9(7-14)5-8-3-4-11(16)10(13)6-8/h3-4,6,9,16H,5,7,14H2,1-2H3. The topological polar surface area (TPSA) is 66.6 Å². The molecule has 0 aromatic heterocycles. The van der Waals surface area contributed by atoms with Crippen molar-refractivity contribution in [1.82, 2.24) is 4.90 Å². The fraction of sp³-hybridized carbons (Fsp3) is 0.417. The van der Waals surface area contributed by atoms with Crippen LogP contribution in [0, 0.1) is 11.7 Å². The Balaban J connectivity index is 2.80. The normalized spacial score (nSPS) is 12.2. The van der Waals surface area contributed by atoms with Crippen LogP contribution in [0.15, 0.2) is 18.2 Å². The predicted molar refractivity (Wildman–Crippen MR) is 63.0 cm³/mol.